The molecule has 0 aromatic heterocycles. The van der Waals surface area contributed by atoms with E-state index in [4.69, 9.17) is 18.9 Å². The van der Waals surface area contributed by atoms with Gasteiger partial charge in [-0.15, -0.1) is 0 Å². The van der Waals surface area contributed by atoms with Crippen LogP contribution < -0.4 is 5.11 Å². The molecule has 0 saturated carbocycles. The highest BCUT2D eigenvalue weighted by molar-refractivity contribution is 5.70. The topological polar surface area (TPSA) is 111 Å². The van der Waals surface area contributed by atoms with Gasteiger partial charge in [0.25, 0.3) is 0 Å². The second-order valence-corrected chi connectivity index (χ2v) is 28.3. The summed E-state index contributed by atoms with van der Waals surface area (Å²) in [5, 5.41) is 11.9. The van der Waals surface area contributed by atoms with E-state index in [9.17, 15) is 19.5 Å². The van der Waals surface area contributed by atoms with Crippen LogP contribution in [0.2, 0.25) is 0 Å². The minimum atomic E-state index is -1.62. The average molecular weight is 1310 g/mol. The van der Waals surface area contributed by atoms with Gasteiger partial charge < -0.3 is 33.3 Å². The van der Waals surface area contributed by atoms with Crippen molar-refractivity contribution in [2.75, 3.05) is 47.5 Å². The van der Waals surface area contributed by atoms with Gasteiger partial charge >= 0.3 is 11.9 Å². The van der Waals surface area contributed by atoms with Crippen molar-refractivity contribution in [3.05, 3.63) is 72.9 Å². The Morgan fingerprint density at radius 2 is 0.613 bits per heavy atom. The molecule has 0 heterocycles. The second-order valence-electron chi connectivity index (χ2n) is 28.3. The largest absolute Gasteiger partial charge is 0.545 e. The van der Waals surface area contributed by atoms with Gasteiger partial charge in [-0.2, -0.15) is 0 Å². The molecule has 2 atom stereocenters. The zero-order valence-corrected chi connectivity index (χ0v) is 62.1. The van der Waals surface area contributed by atoms with Crippen molar-refractivity contribution >= 4 is 17.9 Å². The van der Waals surface area contributed by atoms with E-state index in [1.165, 1.54) is 289 Å². The Morgan fingerprint density at radius 1 is 0.333 bits per heavy atom. The van der Waals surface area contributed by atoms with Gasteiger partial charge in [-0.1, -0.05) is 363 Å². The molecular weight excluding hydrogens is 1150 g/mol. The van der Waals surface area contributed by atoms with Crippen molar-refractivity contribution < 1.29 is 42.9 Å². The van der Waals surface area contributed by atoms with Gasteiger partial charge in [-0.25, -0.2) is 0 Å². The predicted octanol–water partition coefficient (Wildman–Crippen LogP) is 24.3. The molecule has 2 unspecified atom stereocenters. The van der Waals surface area contributed by atoms with Crippen LogP contribution in [-0.4, -0.2) is 82.3 Å². The van der Waals surface area contributed by atoms with E-state index in [1.54, 1.807) is 0 Å². The average Bonchev–Trinajstić information content (AvgIpc) is 3.74. The quantitative estimate of drug-likeness (QED) is 0.0195. The number of rotatable bonds is 75. The first-order valence-corrected chi connectivity index (χ1v) is 40.1. The highest BCUT2D eigenvalue weighted by Gasteiger charge is 2.22. The van der Waals surface area contributed by atoms with Gasteiger partial charge in [0, 0.05) is 12.8 Å². The summed E-state index contributed by atoms with van der Waals surface area (Å²) in [5.41, 5.74) is 0. The third-order valence-corrected chi connectivity index (χ3v) is 17.9. The zero-order valence-electron chi connectivity index (χ0n) is 62.1. The maximum atomic E-state index is 13.0. The van der Waals surface area contributed by atoms with Gasteiger partial charge in [-0.05, 0) is 83.5 Å². The molecule has 0 fully saturated rings. The van der Waals surface area contributed by atoms with Crippen LogP contribution in [0.15, 0.2) is 72.9 Å². The number of carboxylic acids is 1. The van der Waals surface area contributed by atoms with Crippen LogP contribution in [0.4, 0.5) is 0 Å². The summed E-state index contributed by atoms with van der Waals surface area (Å²) in [6.45, 7) is 4.69. The standard InChI is InChI=1S/C84H153NO8/c1-6-8-10-12-14-16-18-20-22-24-26-28-30-32-34-36-37-38-39-40-41-42-43-44-45-47-48-50-52-54-56-58-60-62-64-66-68-70-72-74-81(86)91-78-80(79-92-84(83(88)89)90-77-76-85(3,4)5)93-82(87)75-73-71-69-67-65-63-61-59-57-55-53-51-49-46-35-33-31-29-27-25-23-21-19-17-15-13-11-9-7-2/h9,11,15,17-18,20-21,23-24,26-27,29,80,84H,6-8,10,12-14,16,19,22,25,28,30-79H2,1-5H3/b11-9-,17-15-,20-18-,23-21-,26-24-,29-27-. The molecule has 0 aromatic rings. The number of carbonyl (C=O) groups excluding carboxylic acids is 3. The van der Waals surface area contributed by atoms with E-state index in [1.807, 2.05) is 21.1 Å². The van der Waals surface area contributed by atoms with Crippen LogP contribution in [0.1, 0.15) is 386 Å². The minimum absolute atomic E-state index is 0.149. The third-order valence-electron chi connectivity index (χ3n) is 17.9. The number of nitrogens with zero attached hydrogens (tertiary/aromatic N) is 1. The highest BCUT2D eigenvalue weighted by atomic mass is 16.7. The Balaban J connectivity index is 3.96. The van der Waals surface area contributed by atoms with Crippen molar-refractivity contribution in [1.82, 2.24) is 0 Å². The van der Waals surface area contributed by atoms with Crippen molar-refractivity contribution in [2.45, 2.75) is 399 Å². The van der Waals surface area contributed by atoms with Crippen molar-refractivity contribution in [3.8, 4) is 0 Å². The van der Waals surface area contributed by atoms with Crippen LogP contribution in [0.3, 0.4) is 0 Å². The molecule has 0 radical (unpaired) electrons. The molecule has 542 valence electrons. The molecule has 0 amide bonds. The SMILES string of the molecule is CC/C=C\C/C=C\C/C=C\C/C=C\CCCCCCCCCCCCCCCCCCC(=O)OC(COC(=O)CCCCCCCCCCCCCCCCCCCCCCCCCCCCC/C=C\C/C=C\CCCCCCC)COC(OCC[N+](C)(C)C)C(=O)[O-]. The number of carboxylic acid groups (broad SMARTS) is 1. The molecule has 0 aliphatic rings. The molecule has 9 nitrogen and oxygen atoms in total. The summed E-state index contributed by atoms with van der Waals surface area (Å²) in [7, 11) is 5.95. The van der Waals surface area contributed by atoms with E-state index in [2.05, 4.69) is 86.8 Å². The number of likely N-dealkylation sites (N-methyl/N-ethyl adjacent to an activating group) is 1. The van der Waals surface area contributed by atoms with E-state index in [0.717, 1.165) is 64.2 Å². The van der Waals surface area contributed by atoms with Gasteiger partial charge in [0.2, 0.25) is 0 Å². The minimum Gasteiger partial charge on any atom is -0.545 e. The Kier molecular flexibility index (Phi) is 71.9. The van der Waals surface area contributed by atoms with Crippen LogP contribution >= 0.6 is 0 Å². The Bertz CT molecular complexity index is 1760. The summed E-state index contributed by atoms with van der Waals surface area (Å²) in [6, 6.07) is 0. The maximum Gasteiger partial charge on any atom is 0.306 e. The number of carbonyl (C=O) groups is 3. The molecular formula is C84H153NO8. The zero-order chi connectivity index (χ0) is 67.5. The molecule has 0 aliphatic carbocycles. The van der Waals surface area contributed by atoms with Gasteiger partial charge in [0.05, 0.1) is 40.3 Å². The van der Waals surface area contributed by atoms with E-state index in [0.29, 0.717) is 23.9 Å². The van der Waals surface area contributed by atoms with Gasteiger partial charge in [0.1, 0.15) is 13.2 Å². The number of ether oxygens (including phenoxy) is 4. The van der Waals surface area contributed by atoms with Crippen LogP contribution in [-0.2, 0) is 33.3 Å². The molecule has 0 N–H and O–H groups in total. The normalized spacial score (nSPS) is 13.0. The molecule has 0 spiro atoms. The number of allylic oxidation sites excluding steroid dienone is 12. The molecule has 0 saturated heterocycles. The molecule has 93 heavy (non-hydrogen) atoms. The number of hydrogen-bond acceptors (Lipinski definition) is 8. The molecule has 0 rings (SSSR count). The molecule has 0 aromatic carbocycles. The number of unbranched alkanes of at least 4 members (excludes halogenated alkanes) is 48. The monoisotopic (exact) mass is 1300 g/mol. The maximum absolute atomic E-state index is 13.0. The van der Waals surface area contributed by atoms with Crippen molar-refractivity contribution in [3.63, 3.8) is 0 Å². The lowest BCUT2D eigenvalue weighted by Gasteiger charge is -2.26. The lowest BCUT2D eigenvalue weighted by atomic mass is 10.0. The Hall–Kier alpha value is -3.27. The number of aliphatic carboxylic acids is 1. The van der Waals surface area contributed by atoms with Crippen LogP contribution in [0, 0.1) is 0 Å². The smallest absolute Gasteiger partial charge is 0.306 e. The van der Waals surface area contributed by atoms with Gasteiger partial charge in [-0.3, -0.25) is 9.59 Å². The predicted molar refractivity (Wildman–Crippen MR) is 398 cm³/mol. The van der Waals surface area contributed by atoms with Crippen LogP contribution in [0.5, 0.6) is 0 Å². The third kappa shape index (κ3) is 76.0. The summed E-state index contributed by atoms with van der Waals surface area (Å²) in [5.74, 6) is -2.26. The van der Waals surface area contributed by atoms with Crippen molar-refractivity contribution in [2.24, 2.45) is 0 Å². The van der Waals surface area contributed by atoms with E-state index >= 15 is 0 Å². The summed E-state index contributed by atoms with van der Waals surface area (Å²) < 4.78 is 22.9. The lowest BCUT2D eigenvalue weighted by molar-refractivity contribution is -0.870. The Labute approximate surface area is 577 Å². The van der Waals surface area contributed by atoms with Crippen molar-refractivity contribution in [1.29, 1.82) is 0 Å². The summed E-state index contributed by atoms with van der Waals surface area (Å²) in [6.07, 6.45) is 97.5. The first-order chi connectivity index (χ1) is 45.6. The highest BCUT2D eigenvalue weighted by Crippen LogP contribution is 2.19. The Morgan fingerprint density at radius 3 is 0.914 bits per heavy atom. The first kappa shape index (κ1) is 89.7. The fraction of sp³-hybridized carbons (Fsp3) is 0.821. The molecule has 9 heteroatoms. The molecule has 0 aliphatic heterocycles. The van der Waals surface area contributed by atoms with Crippen LogP contribution in [0.25, 0.3) is 0 Å². The number of quaternary nitrogens is 1. The molecule has 0 bridgehead atoms. The first-order valence-electron chi connectivity index (χ1n) is 40.1. The van der Waals surface area contributed by atoms with E-state index in [-0.39, 0.29) is 32.2 Å². The van der Waals surface area contributed by atoms with Gasteiger partial charge in [0.15, 0.2) is 12.4 Å². The second kappa shape index (κ2) is 74.5. The summed E-state index contributed by atoms with van der Waals surface area (Å²) in [4.78, 5) is 37.6. The fourth-order valence-corrected chi connectivity index (χ4v) is 11.9. The summed E-state index contributed by atoms with van der Waals surface area (Å²) >= 11 is 0. The number of esters is 2. The number of hydrogen-bond donors (Lipinski definition) is 0. The lowest BCUT2D eigenvalue weighted by Crippen LogP contribution is -2.44. The van der Waals surface area contributed by atoms with E-state index < -0.39 is 24.3 Å². The fourth-order valence-electron chi connectivity index (χ4n) is 11.9.